The van der Waals surface area contributed by atoms with Gasteiger partial charge in [0.05, 0.1) is 13.3 Å². The summed E-state index contributed by atoms with van der Waals surface area (Å²) >= 11 is 0. The van der Waals surface area contributed by atoms with Crippen molar-refractivity contribution < 1.29 is 0 Å². The number of nitrogens with one attached hydrogen (secondary N) is 3. The highest BCUT2D eigenvalue weighted by molar-refractivity contribution is 4.88. The van der Waals surface area contributed by atoms with Crippen LogP contribution in [0.2, 0.25) is 0 Å². The minimum Gasteiger partial charge on any atom is -0.322 e. The van der Waals surface area contributed by atoms with Crippen LogP contribution < -0.4 is 16.0 Å². The number of hydrogen-bond acceptors (Lipinski definition) is 5. The third-order valence-electron chi connectivity index (χ3n) is 3.83. The highest BCUT2D eigenvalue weighted by Gasteiger charge is 1.96. The van der Waals surface area contributed by atoms with Gasteiger partial charge >= 0.3 is 0 Å². The Kier molecular flexibility index (Phi) is 7.79. The Labute approximate surface area is 138 Å². The van der Waals surface area contributed by atoms with Crippen LogP contribution >= 0.6 is 0 Å². The molecule has 2 aromatic rings. The van der Waals surface area contributed by atoms with Crippen LogP contribution in [0.3, 0.4) is 0 Å². The molecule has 0 aliphatic rings. The minimum absolute atomic E-state index is 0.837. The van der Waals surface area contributed by atoms with Crippen LogP contribution in [-0.2, 0) is 13.3 Å². The second kappa shape index (κ2) is 10.1. The second-order valence-corrected chi connectivity index (χ2v) is 5.66. The number of imidazole rings is 2. The van der Waals surface area contributed by atoms with Crippen molar-refractivity contribution in [2.45, 2.75) is 40.0 Å². The topological polar surface area (TPSA) is 71.7 Å². The molecule has 0 aliphatic heterocycles. The smallest absolute Gasteiger partial charge is 0.106 e. The Morgan fingerprint density at radius 1 is 0.739 bits per heavy atom. The summed E-state index contributed by atoms with van der Waals surface area (Å²) < 4.78 is 4.22. The molecule has 0 bridgehead atoms. The van der Waals surface area contributed by atoms with E-state index in [1.165, 1.54) is 0 Å². The Morgan fingerprint density at radius 2 is 1.17 bits per heavy atom. The maximum Gasteiger partial charge on any atom is 0.106 e. The first-order valence-electron chi connectivity index (χ1n) is 8.35. The van der Waals surface area contributed by atoms with E-state index in [0.717, 1.165) is 64.0 Å². The van der Waals surface area contributed by atoms with E-state index >= 15 is 0 Å². The molecule has 128 valence electrons. The van der Waals surface area contributed by atoms with Crippen molar-refractivity contribution in [1.82, 2.24) is 35.1 Å². The van der Waals surface area contributed by atoms with Crippen molar-refractivity contribution in [3.05, 3.63) is 36.4 Å². The summed E-state index contributed by atoms with van der Waals surface area (Å²) in [5, 5.41) is 10.3. The van der Waals surface area contributed by atoms with E-state index < -0.39 is 0 Å². The Balaban J connectivity index is 1.36. The van der Waals surface area contributed by atoms with Crippen molar-refractivity contribution in [3.63, 3.8) is 0 Å². The summed E-state index contributed by atoms with van der Waals surface area (Å²) in [6.07, 6.45) is 9.93. The van der Waals surface area contributed by atoms with Crippen LogP contribution in [0.4, 0.5) is 0 Å². The normalized spacial score (nSPS) is 11.2. The average molecular weight is 319 g/mol. The Hall–Kier alpha value is -1.70. The first kappa shape index (κ1) is 17.7. The van der Waals surface area contributed by atoms with Gasteiger partial charge in [0, 0.05) is 24.8 Å². The van der Waals surface area contributed by atoms with Gasteiger partial charge in [0.1, 0.15) is 11.6 Å². The molecule has 7 nitrogen and oxygen atoms in total. The monoisotopic (exact) mass is 319 g/mol. The van der Waals surface area contributed by atoms with Gasteiger partial charge in [0.2, 0.25) is 0 Å². The highest BCUT2D eigenvalue weighted by atomic mass is 15.2. The number of aromatic nitrogens is 4. The molecule has 0 radical (unpaired) electrons. The van der Waals surface area contributed by atoms with Crippen molar-refractivity contribution >= 4 is 0 Å². The van der Waals surface area contributed by atoms with Crippen LogP contribution in [0.15, 0.2) is 24.8 Å². The number of nitrogens with zero attached hydrogens (tertiary/aromatic N) is 4. The SMILES string of the molecule is Cc1nccn1CNCCCNCCCNCn1ccnc1C. The van der Waals surface area contributed by atoms with Crippen LogP contribution in [0.1, 0.15) is 24.5 Å². The van der Waals surface area contributed by atoms with Crippen molar-refractivity contribution in [1.29, 1.82) is 0 Å². The molecule has 0 unspecified atom stereocenters. The zero-order chi connectivity index (χ0) is 16.3. The molecule has 0 saturated carbocycles. The van der Waals surface area contributed by atoms with E-state index in [4.69, 9.17) is 0 Å². The van der Waals surface area contributed by atoms with E-state index in [-0.39, 0.29) is 0 Å². The lowest BCUT2D eigenvalue weighted by Crippen LogP contribution is -2.27. The molecule has 2 heterocycles. The van der Waals surface area contributed by atoms with Gasteiger partial charge < -0.3 is 14.5 Å². The second-order valence-electron chi connectivity index (χ2n) is 5.66. The predicted octanol–water partition coefficient (Wildman–Crippen LogP) is 0.861. The van der Waals surface area contributed by atoms with E-state index in [1.54, 1.807) is 0 Å². The molecule has 0 aliphatic carbocycles. The van der Waals surface area contributed by atoms with Gasteiger partial charge in [-0.05, 0) is 52.9 Å². The van der Waals surface area contributed by atoms with Gasteiger partial charge in [-0.1, -0.05) is 0 Å². The molecule has 0 amide bonds. The van der Waals surface area contributed by atoms with Crippen molar-refractivity contribution in [3.8, 4) is 0 Å². The quantitative estimate of drug-likeness (QED) is 0.506. The predicted molar refractivity (Wildman–Crippen MR) is 92.0 cm³/mol. The molecule has 7 heteroatoms. The van der Waals surface area contributed by atoms with Gasteiger partial charge in [-0.25, -0.2) is 9.97 Å². The molecule has 0 spiro atoms. The molecule has 2 aromatic heterocycles. The molecule has 0 atom stereocenters. The Bertz CT molecular complexity index is 498. The zero-order valence-electron chi connectivity index (χ0n) is 14.3. The van der Waals surface area contributed by atoms with Crippen LogP contribution in [0.5, 0.6) is 0 Å². The molecule has 0 saturated heterocycles. The lowest BCUT2D eigenvalue weighted by molar-refractivity contribution is 0.504. The number of hydrogen-bond donors (Lipinski definition) is 3. The average Bonchev–Trinajstić information content (AvgIpc) is 3.14. The van der Waals surface area contributed by atoms with Crippen molar-refractivity contribution in [2.75, 3.05) is 26.2 Å². The van der Waals surface area contributed by atoms with Crippen LogP contribution in [0, 0.1) is 13.8 Å². The molecular weight excluding hydrogens is 290 g/mol. The van der Waals surface area contributed by atoms with Gasteiger partial charge in [-0.15, -0.1) is 0 Å². The fourth-order valence-corrected chi connectivity index (χ4v) is 2.34. The van der Waals surface area contributed by atoms with Gasteiger partial charge in [0.15, 0.2) is 0 Å². The fourth-order valence-electron chi connectivity index (χ4n) is 2.34. The minimum atomic E-state index is 0.837. The molecule has 0 fully saturated rings. The lowest BCUT2D eigenvalue weighted by atomic mass is 10.4. The van der Waals surface area contributed by atoms with Gasteiger partial charge in [-0.3, -0.25) is 10.6 Å². The summed E-state index contributed by atoms with van der Waals surface area (Å²) in [5.74, 6) is 2.10. The highest BCUT2D eigenvalue weighted by Crippen LogP contribution is 1.93. The van der Waals surface area contributed by atoms with E-state index in [2.05, 4.69) is 35.1 Å². The first-order chi connectivity index (χ1) is 11.3. The van der Waals surface area contributed by atoms with E-state index in [9.17, 15) is 0 Å². The first-order valence-corrected chi connectivity index (χ1v) is 8.35. The summed E-state index contributed by atoms with van der Waals surface area (Å²) in [4.78, 5) is 8.40. The van der Waals surface area contributed by atoms with Crippen LogP contribution in [-0.4, -0.2) is 45.3 Å². The van der Waals surface area contributed by atoms with Crippen LogP contribution in [0.25, 0.3) is 0 Å². The maximum atomic E-state index is 4.20. The summed E-state index contributed by atoms with van der Waals surface area (Å²) in [6.45, 7) is 9.85. The van der Waals surface area contributed by atoms with E-state index in [1.807, 2.05) is 38.6 Å². The molecule has 0 aromatic carbocycles. The van der Waals surface area contributed by atoms with Gasteiger partial charge in [0.25, 0.3) is 0 Å². The van der Waals surface area contributed by atoms with E-state index in [0.29, 0.717) is 0 Å². The summed E-state index contributed by atoms with van der Waals surface area (Å²) in [6, 6.07) is 0. The number of rotatable bonds is 12. The zero-order valence-corrected chi connectivity index (χ0v) is 14.3. The lowest BCUT2D eigenvalue weighted by Gasteiger charge is -2.09. The molecule has 3 N–H and O–H groups in total. The molecule has 2 rings (SSSR count). The molecular formula is C16H29N7. The molecule has 23 heavy (non-hydrogen) atoms. The maximum absolute atomic E-state index is 4.20. The largest absolute Gasteiger partial charge is 0.322 e. The summed E-state index contributed by atoms with van der Waals surface area (Å²) in [5.41, 5.74) is 0. The van der Waals surface area contributed by atoms with Crippen molar-refractivity contribution in [2.24, 2.45) is 0 Å². The third-order valence-corrected chi connectivity index (χ3v) is 3.83. The summed E-state index contributed by atoms with van der Waals surface area (Å²) in [7, 11) is 0. The van der Waals surface area contributed by atoms with Gasteiger partial charge in [-0.2, -0.15) is 0 Å². The number of aryl methyl sites for hydroxylation is 2. The standard InChI is InChI=1S/C16H29N7/c1-15-20-9-11-22(15)13-18-7-3-5-17-6-4-8-19-14-23-12-10-21-16(23)2/h9-12,17-19H,3-8,13-14H2,1-2H3. The fraction of sp³-hybridized carbons (Fsp3) is 0.625. The third kappa shape index (κ3) is 6.52. The Morgan fingerprint density at radius 3 is 1.57 bits per heavy atom.